The van der Waals surface area contributed by atoms with Gasteiger partial charge in [-0.25, -0.2) is 0 Å². The van der Waals surface area contributed by atoms with Crippen molar-refractivity contribution >= 4 is 5.91 Å². The van der Waals surface area contributed by atoms with Gasteiger partial charge in [-0.05, 0) is 46.2 Å². The van der Waals surface area contributed by atoms with Gasteiger partial charge < -0.3 is 15.5 Å². The molecule has 21 heavy (non-hydrogen) atoms. The smallest absolute Gasteiger partial charge is 0.353 e. The van der Waals surface area contributed by atoms with E-state index in [1.807, 2.05) is 14.1 Å². The summed E-state index contributed by atoms with van der Waals surface area (Å²) in [5, 5.41) is 5.64. The van der Waals surface area contributed by atoms with Gasteiger partial charge in [0.1, 0.15) is 0 Å². The summed E-state index contributed by atoms with van der Waals surface area (Å²) in [6, 6.07) is -0.497. The number of halogens is 3. The van der Waals surface area contributed by atoms with Crippen LogP contribution in [0.5, 0.6) is 0 Å². The zero-order valence-corrected chi connectivity index (χ0v) is 12.6. The lowest BCUT2D eigenvalue weighted by Gasteiger charge is -2.47. The molecule has 0 aromatic rings. The lowest BCUT2D eigenvalue weighted by atomic mass is 9.75. The number of piperidine rings is 1. The third-order valence-electron chi connectivity index (χ3n) is 5.02. The van der Waals surface area contributed by atoms with Gasteiger partial charge in [0.15, 0.2) is 0 Å². The maximum absolute atomic E-state index is 12.6. The molecule has 2 atom stereocenters. The van der Waals surface area contributed by atoms with Gasteiger partial charge in [-0.15, -0.1) is 0 Å². The Bertz CT molecular complexity index is 372. The molecule has 0 spiro atoms. The summed E-state index contributed by atoms with van der Waals surface area (Å²) in [6.07, 6.45) is -0.653. The molecule has 122 valence electrons. The van der Waals surface area contributed by atoms with Gasteiger partial charge in [-0.2, -0.15) is 13.2 Å². The minimum atomic E-state index is -4.17. The number of hydrogen-bond acceptors (Lipinski definition) is 3. The van der Waals surface area contributed by atoms with Gasteiger partial charge in [0, 0.05) is 18.6 Å². The van der Waals surface area contributed by atoms with Gasteiger partial charge >= 0.3 is 6.18 Å². The fraction of sp³-hybridized carbons (Fsp3) is 0.929. The van der Waals surface area contributed by atoms with Crippen molar-refractivity contribution in [3.05, 3.63) is 0 Å². The molecule has 0 radical (unpaired) electrons. The predicted octanol–water partition coefficient (Wildman–Crippen LogP) is 1.52. The van der Waals surface area contributed by atoms with Crippen LogP contribution in [0.2, 0.25) is 0 Å². The number of hydrogen-bond donors (Lipinski definition) is 2. The number of nitrogens with zero attached hydrogens (tertiary/aromatic N) is 1. The SMILES string of the molecule is CN(C)C1(CNC(=O)C2CCC(C(F)(F)F)CN2)CCC1. The van der Waals surface area contributed by atoms with E-state index in [2.05, 4.69) is 15.5 Å². The second-order valence-corrected chi connectivity index (χ2v) is 6.47. The summed E-state index contributed by atoms with van der Waals surface area (Å²) < 4.78 is 37.7. The molecule has 2 N–H and O–H groups in total. The molecule has 0 bridgehead atoms. The lowest BCUT2D eigenvalue weighted by molar-refractivity contribution is -0.180. The molecule has 4 nitrogen and oxygen atoms in total. The molecule has 1 saturated heterocycles. The highest BCUT2D eigenvalue weighted by Gasteiger charge is 2.43. The lowest BCUT2D eigenvalue weighted by Crippen LogP contribution is -2.59. The van der Waals surface area contributed by atoms with E-state index >= 15 is 0 Å². The third-order valence-corrected chi connectivity index (χ3v) is 5.02. The van der Waals surface area contributed by atoms with Gasteiger partial charge in [0.2, 0.25) is 5.91 Å². The van der Waals surface area contributed by atoms with E-state index in [4.69, 9.17) is 0 Å². The van der Waals surface area contributed by atoms with Crippen molar-refractivity contribution in [2.75, 3.05) is 27.2 Å². The number of alkyl halides is 3. The van der Waals surface area contributed by atoms with Crippen LogP contribution < -0.4 is 10.6 Å². The van der Waals surface area contributed by atoms with E-state index in [9.17, 15) is 18.0 Å². The zero-order valence-electron chi connectivity index (χ0n) is 12.6. The Morgan fingerprint density at radius 1 is 1.33 bits per heavy atom. The van der Waals surface area contributed by atoms with E-state index in [0.29, 0.717) is 6.54 Å². The van der Waals surface area contributed by atoms with Crippen molar-refractivity contribution in [2.45, 2.75) is 49.9 Å². The fourth-order valence-electron chi connectivity index (χ4n) is 3.10. The summed E-state index contributed by atoms with van der Waals surface area (Å²) in [7, 11) is 4.00. The Kier molecular flexibility index (Phi) is 4.82. The van der Waals surface area contributed by atoms with Crippen molar-refractivity contribution in [1.29, 1.82) is 0 Å². The summed E-state index contributed by atoms with van der Waals surface area (Å²) in [5.41, 5.74) is 0.0266. The molecule has 2 unspecified atom stereocenters. The molecule has 1 heterocycles. The summed E-state index contributed by atoms with van der Waals surface area (Å²) in [4.78, 5) is 14.2. The van der Waals surface area contributed by atoms with Crippen LogP contribution in [0.4, 0.5) is 13.2 Å². The Labute approximate surface area is 123 Å². The number of amides is 1. The topological polar surface area (TPSA) is 44.4 Å². The monoisotopic (exact) mass is 307 g/mol. The van der Waals surface area contributed by atoms with Crippen molar-refractivity contribution in [2.24, 2.45) is 5.92 Å². The van der Waals surface area contributed by atoms with Crippen LogP contribution in [0.15, 0.2) is 0 Å². The molecule has 0 aromatic carbocycles. The number of likely N-dealkylation sites (N-methyl/N-ethyl adjacent to an activating group) is 1. The normalized spacial score (nSPS) is 29.0. The molecule has 1 aliphatic carbocycles. The molecule has 2 rings (SSSR count). The van der Waals surface area contributed by atoms with Crippen LogP contribution in [-0.4, -0.2) is 55.7 Å². The average Bonchev–Trinajstić information content (AvgIpc) is 2.36. The molecule has 1 amide bonds. The number of nitrogens with one attached hydrogen (secondary N) is 2. The molecule has 1 saturated carbocycles. The fourth-order valence-corrected chi connectivity index (χ4v) is 3.10. The van der Waals surface area contributed by atoms with E-state index in [1.165, 1.54) is 0 Å². The van der Waals surface area contributed by atoms with Crippen molar-refractivity contribution in [3.63, 3.8) is 0 Å². The van der Waals surface area contributed by atoms with Crippen molar-refractivity contribution < 1.29 is 18.0 Å². The van der Waals surface area contributed by atoms with Crippen LogP contribution in [0.25, 0.3) is 0 Å². The first-order valence-corrected chi connectivity index (χ1v) is 7.50. The minimum Gasteiger partial charge on any atom is -0.353 e. The van der Waals surface area contributed by atoms with Gasteiger partial charge in [0.05, 0.1) is 12.0 Å². The molecular weight excluding hydrogens is 283 g/mol. The summed E-state index contributed by atoms with van der Waals surface area (Å²) in [5.74, 6) is -1.51. The standard InChI is InChI=1S/C14H24F3N3O/c1-20(2)13(6-3-7-13)9-19-12(21)11-5-4-10(8-18-11)14(15,16)17/h10-11,18H,3-9H2,1-2H3,(H,19,21). The summed E-state index contributed by atoms with van der Waals surface area (Å²) in [6.45, 7) is 0.403. The maximum Gasteiger partial charge on any atom is 0.393 e. The second-order valence-electron chi connectivity index (χ2n) is 6.47. The quantitative estimate of drug-likeness (QED) is 0.828. The predicted molar refractivity (Wildman–Crippen MR) is 73.8 cm³/mol. The Morgan fingerprint density at radius 2 is 2.00 bits per heavy atom. The van der Waals surface area contributed by atoms with Crippen molar-refractivity contribution in [3.8, 4) is 0 Å². The molecule has 7 heteroatoms. The number of carbonyl (C=O) groups excluding carboxylic acids is 1. The third kappa shape index (κ3) is 3.69. The Balaban J connectivity index is 1.78. The first-order valence-electron chi connectivity index (χ1n) is 7.50. The Hall–Kier alpha value is -0.820. The van der Waals surface area contributed by atoms with Crippen LogP contribution >= 0.6 is 0 Å². The van der Waals surface area contributed by atoms with E-state index in [1.54, 1.807) is 0 Å². The number of carbonyl (C=O) groups is 1. The molecule has 0 aromatic heterocycles. The van der Waals surface area contributed by atoms with Crippen molar-refractivity contribution in [1.82, 2.24) is 15.5 Å². The molecule has 1 aliphatic heterocycles. The largest absolute Gasteiger partial charge is 0.393 e. The van der Waals surface area contributed by atoms with E-state index < -0.39 is 18.1 Å². The minimum absolute atomic E-state index is 0.0212. The second kappa shape index (κ2) is 6.12. The average molecular weight is 307 g/mol. The zero-order chi connectivity index (χ0) is 15.7. The molecule has 2 fully saturated rings. The summed E-state index contributed by atoms with van der Waals surface area (Å²) >= 11 is 0. The number of rotatable bonds is 4. The highest BCUT2D eigenvalue weighted by Crippen LogP contribution is 2.35. The highest BCUT2D eigenvalue weighted by molar-refractivity contribution is 5.81. The van der Waals surface area contributed by atoms with Gasteiger partial charge in [-0.1, -0.05) is 0 Å². The first-order chi connectivity index (χ1) is 9.74. The van der Waals surface area contributed by atoms with Crippen LogP contribution in [0, 0.1) is 5.92 Å². The molecular formula is C14H24F3N3O. The molecule has 2 aliphatic rings. The van der Waals surface area contributed by atoms with Gasteiger partial charge in [-0.3, -0.25) is 4.79 Å². The van der Waals surface area contributed by atoms with Crippen LogP contribution in [0.3, 0.4) is 0 Å². The maximum atomic E-state index is 12.6. The van der Waals surface area contributed by atoms with Crippen LogP contribution in [0.1, 0.15) is 32.1 Å². The van der Waals surface area contributed by atoms with E-state index in [0.717, 1.165) is 19.3 Å². The van der Waals surface area contributed by atoms with E-state index in [-0.39, 0.29) is 30.8 Å². The Morgan fingerprint density at radius 3 is 2.38 bits per heavy atom. The highest BCUT2D eigenvalue weighted by atomic mass is 19.4. The van der Waals surface area contributed by atoms with Gasteiger partial charge in [0.25, 0.3) is 0 Å². The van der Waals surface area contributed by atoms with Crippen LogP contribution in [-0.2, 0) is 4.79 Å². The first kappa shape index (κ1) is 16.5.